The fourth-order valence-electron chi connectivity index (χ4n) is 4.10. The van der Waals surface area contributed by atoms with Crippen molar-refractivity contribution in [1.82, 2.24) is 19.0 Å². The van der Waals surface area contributed by atoms with E-state index >= 15 is 0 Å². The van der Waals surface area contributed by atoms with Crippen molar-refractivity contribution >= 4 is 40.8 Å². The monoisotopic (exact) mass is 589 g/mol. The van der Waals surface area contributed by atoms with Crippen LogP contribution in [0.1, 0.15) is 24.3 Å². The van der Waals surface area contributed by atoms with Crippen LogP contribution in [0.3, 0.4) is 0 Å². The highest BCUT2D eigenvalue weighted by molar-refractivity contribution is 7.95. The van der Waals surface area contributed by atoms with Gasteiger partial charge < -0.3 is 30.0 Å². The number of halogens is 3. The number of carbonyl (C=O) groups is 2. The van der Waals surface area contributed by atoms with Crippen molar-refractivity contribution in [2.75, 3.05) is 18.5 Å². The van der Waals surface area contributed by atoms with Crippen LogP contribution in [0, 0.1) is 0 Å². The highest BCUT2D eigenvalue weighted by Crippen LogP contribution is 2.39. The molecule has 10 nitrogen and oxygen atoms in total. The normalized spacial score (nSPS) is 14.7. The van der Waals surface area contributed by atoms with Gasteiger partial charge >= 0.3 is 18.1 Å². The molecule has 0 saturated carbocycles. The molecule has 216 valence electrons. The summed E-state index contributed by atoms with van der Waals surface area (Å²) in [5.41, 5.74) is 3.86. The number of nitrogens with one attached hydrogen (secondary N) is 3. The van der Waals surface area contributed by atoms with Gasteiger partial charge in [0.1, 0.15) is 11.6 Å². The van der Waals surface area contributed by atoms with Crippen molar-refractivity contribution in [3.63, 3.8) is 0 Å². The van der Waals surface area contributed by atoms with Gasteiger partial charge in [-0.1, -0.05) is 6.07 Å². The predicted molar refractivity (Wildman–Crippen MR) is 148 cm³/mol. The molecule has 1 unspecified atom stereocenters. The van der Waals surface area contributed by atoms with E-state index in [0.29, 0.717) is 6.61 Å². The molecule has 14 heteroatoms. The number of aromatic nitrogens is 2. The highest BCUT2D eigenvalue weighted by atomic mass is 32.2. The summed E-state index contributed by atoms with van der Waals surface area (Å²) < 4.78 is 42.8. The van der Waals surface area contributed by atoms with E-state index in [4.69, 9.17) is 14.6 Å². The van der Waals surface area contributed by atoms with Crippen LogP contribution < -0.4 is 14.8 Å². The third-order valence-electron chi connectivity index (χ3n) is 5.97. The Balaban J connectivity index is 0.000000493. The summed E-state index contributed by atoms with van der Waals surface area (Å²) in [5, 5.41) is 21.0. The molecular weight excluding hydrogens is 563 g/mol. The molecule has 0 radical (unpaired) electrons. The summed E-state index contributed by atoms with van der Waals surface area (Å²) in [6.45, 7) is 1.35. The van der Waals surface area contributed by atoms with Gasteiger partial charge in [0.15, 0.2) is 0 Å². The van der Waals surface area contributed by atoms with Crippen molar-refractivity contribution in [1.29, 1.82) is 0 Å². The summed E-state index contributed by atoms with van der Waals surface area (Å²) in [5.74, 6) is -2.22. The van der Waals surface area contributed by atoms with Crippen molar-refractivity contribution in [3.8, 4) is 5.75 Å². The lowest BCUT2D eigenvalue weighted by Gasteiger charge is -2.22. The molecule has 1 atom stereocenters. The lowest BCUT2D eigenvalue weighted by Crippen LogP contribution is -2.21. The Morgan fingerprint density at radius 3 is 2.71 bits per heavy atom. The number of carboxylic acid groups (broad SMARTS) is 2. The van der Waals surface area contributed by atoms with Gasteiger partial charge in [0.25, 0.3) is 0 Å². The summed E-state index contributed by atoms with van der Waals surface area (Å²) in [6.07, 6.45) is 7.34. The van der Waals surface area contributed by atoms with E-state index in [-0.39, 0.29) is 12.3 Å². The first kappa shape index (κ1) is 29.4. The summed E-state index contributed by atoms with van der Waals surface area (Å²) in [7, 11) is 0. The van der Waals surface area contributed by atoms with Crippen molar-refractivity contribution in [3.05, 3.63) is 90.2 Å². The number of alkyl halides is 3. The van der Waals surface area contributed by atoms with Gasteiger partial charge in [0.2, 0.25) is 0 Å². The SMILES string of the molecule is O=C(O)C(F)(F)F.O=C(O)CC(C1=CC2=CNSN2C=C1)c1c[nH]c2cc(OCCCNc3ccccn3)ccc12. The standard InChI is InChI=1S/C25H25N5O3S.C2HF3O2/c31-25(32)14-21(17-7-10-30-18(12-17)15-29-34-30)22-16-28-23-13-19(5-6-20(22)23)33-11-3-9-27-24-4-1-2-8-26-24;3-2(4,5)1(6)7/h1-2,4-8,10,12-13,15-16,21,28-29H,3,9,11,14H2,(H,26,27)(H,31,32);(H,6,7). The number of carboxylic acids is 2. The van der Waals surface area contributed by atoms with Crippen LogP contribution in [0.25, 0.3) is 10.9 Å². The van der Waals surface area contributed by atoms with Crippen molar-refractivity contribution in [2.24, 2.45) is 0 Å². The van der Waals surface area contributed by atoms with Crippen molar-refractivity contribution < 1.29 is 37.7 Å². The molecule has 5 N–H and O–H groups in total. The van der Waals surface area contributed by atoms with E-state index in [1.165, 1.54) is 12.1 Å². The molecule has 0 spiro atoms. The number of allylic oxidation sites excluding steroid dienone is 3. The number of benzene rings is 1. The predicted octanol–water partition coefficient (Wildman–Crippen LogP) is 5.40. The van der Waals surface area contributed by atoms with Crippen LogP contribution in [0.4, 0.5) is 19.0 Å². The lowest BCUT2D eigenvalue weighted by atomic mass is 9.86. The summed E-state index contributed by atoms with van der Waals surface area (Å²) >= 11 is 1.48. The largest absolute Gasteiger partial charge is 0.493 e. The maximum absolute atomic E-state index is 11.7. The number of fused-ring (bicyclic) bond motifs is 2. The van der Waals surface area contributed by atoms with E-state index in [2.05, 4.69) is 20.0 Å². The smallest absolute Gasteiger partial charge is 0.490 e. The van der Waals surface area contributed by atoms with Gasteiger partial charge in [-0.3, -0.25) is 9.10 Å². The summed E-state index contributed by atoms with van der Waals surface area (Å²) in [6, 6.07) is 11.7. The number of hydrogen-bond donors (Lipinski definition) is 5. The first-order valence-electron chi connectivity index (χ1n) is 12.3. The van der Waals surface area contributed by atoms with Gasteiger partial charge in [0.05, 0.1) is 30.9 Å². The molecule has 4 heterocycles. The number of pyridine rings is 1. The van der Waals surface area contributed by atoms with E-state index in [1.54, 1.807) is 6.20 Å². The number of hydrogen-bond acceptors (Lipinski definition) is 8. The zero-order valence-corrected chi connectivity index (χ0v) is 22.2. The number of H-pyrrole nitrogens is 1. The molecule has 41 heavy (non-hydrogen) atoms. The minimum absolute atomic E-state index is 0.0124. The fraction of sp³-hybridized carbons (Fsp3) is 0.222. The van der Waals surface area contributed by atoms with Gasteiger partial charge in [-0.2, -0.15) is 13.2 Å². The van der Waals surface area contributed by atoms with E-state index in [9.17, 15) is 23.1 Å². The number of anilines is 1. The third kappa shape index (κ3) is 7.97. The fourth-order valence-corrected chi connectivity index (χ4v) is 4.72. The quantitative estimate of drug-likeness (QED) is 0.154. The molecule has 0 amide bonds. The Morgan fingerprint density at radius 2 is 2.00 bits per heavy atom. The minimum Gasteiger partial charge on any atom is -0.493 e. The van der Waals surface area contributed by atoms with Crippen LogP contribution in [-0.4, -0.2) is 55.8 Å². The zero-order chi connectivity index (χ0) is 29.4. The first-order valence-corrected chi connectivity index (χ1v) is 13.1. The molecule has 0 bridgehead atoms. The molecular formula is C27H26F3N5O5S. The Kier molecular flexibility index (Phi) is 9.45. The highest BCUT2D eigenvalue weighted by Gasteiger charge is 2.38. The Hall–Kier alpha value is -4.59. The van der Waals surface area contributed by atoms with Gasteiger partial charge in [-0.25, -0.2) is 9.78 Å². The number of ether oxygens (including phenoxy) is 1. The Labute approximate surface area is 236 Å². The molecule has 1 aromatic carbocycles. The first-order chi connectivity index (χ1) is 19.6. The van der Waals surface area contributed by atoms with Crippen LogP contribution in [-0.2, 0) is 9.59 Å². The van der Waals surface area contributed by atoms with Gasteiger partial charge in [0, 0.05) is 54.2 Å². The van der Waals surface area contributed by atoms with Gasteiger partial charge in [-0.05, 0) is 54.0 Å². The molecule has 3 aromatic rings. The van der Waals surface area contributed by atoms with Crippen LogP contribution in [0.2, 0.25) is 0 Å². The number of aliphatic carboxylic acids is 2. The Morgan fingerprint density at radius 1 is 1.20 bits per heavy atom. The zero-order valence-electron chi connectivity index (χ0n) is 21.4. The van der Waals surface area contributed by atoms with Crippen LogP contribution in [0.5, 0.6) is 5.75 Å². The van der Waals surface area contributed by atoms with E-state index in [0.717, 1.165) is 52.3 Å². The summed E-state index contributed by atoms with van der Waals surface area (Å²) in [4.78, 5) is 28.1. The van der Waals surface area contributed by atoms with E-state index in [1.807, 2.05) is 71.5 Å². The second-order valence-corrected chi connectivity index (χ2v) is 9.62. The number of aromatic amines is 1. The molecule has 0 fully saturated rings. The lowest BCUT2D eigenvalue weighted by molar-refractivity contribution is -0.192. The average molecular weight is 590 g/mol. The second-order valence-electron chi connectivity index (χ2n) is 8.81. The molecule has 5 rings (SSSR count). The Bertz CT molecular complexity index is 1470. The van der Waals surface area contributed by atoms with Crippen LogP contribution in [0.15, 0.2) is 84.6 Å². The minimum atomic E-state index is -5.08. The van der Waals surface area contributed by atoms with Crippen LogP contribution >= 0.6 is 12.1 Å². The average Bonchev–Trinajstić information content (AvgIpc) is 3.58. The van der Waals surface area contributed by atoms with E-state index < -0.39 is 18.1 Å². The molecule has 0 aliphatic carbocycles. The molecule has 2 aromatic heterocycles. The van der Waals surface area contributed by atoms with Crippen molar-refractivity contribution in [2.45, 2.75) is 24.9 Å². The maximum atomic E-state index is 11.7. The number of rotatable bonds is 10. The third-order valence-corrected chi connectivity index (χ3v) is 6.73. The van der Waals surface area contributed by atoms with Gasteiger partial charge in [-0.15, -0.1) is 0 Å². The molecule has 2 aliphatic heterocycles. The number of nitrogens with zero attached hydrogens (tertiary/aromatic N) is 2. The second kappa shape index (κ2) is 13.2. The molecule has 2 aliphatic rings. The molecule has 0 saturated heterocycles. The maximum Gasteiger partial charge on any atom is 0.490 e. The topological polar surface area (TPSA) is 140 Å².